The summed E-state index contributed by atoms with van der Waals surface area (Å²) in [6.45, 7) is 2.87. The van der Waals surface area contributed by atoms with Gasteiger partial charge in [0.15, 0.2) is 0 Å². The normalized spacial score (nSPS) is 20.3. The summed E-state index contributed by atoms with van der Waals surface area (Å²) < 4.78 is 15.7. The van der Waals surface area contributed by atoms with Gasteiger partial charge in [-0.3, -0.25) is 9.59 Å². The smallest absolute Gasteiger partial charge is 0.409 e. The van der Waals surface area contributed by atoms with Crippen LogP contribution < -0.4 is 9.47 Å². The monoisotopic (exact) mass is 500 g/mol. The molecule has 2 amide bonds. The van der Waals surface area contributed by atoms with Gasteiger partial charge in [-0.1, -0.05) is 6.07 Å². The number of nitrogens with zero attached hydrogens (tertiary/aromatic N) is 2. The molecule has 2 saturated heterocycles. The van der Waals surface area contributed by atoms with Gasteiger partial charge in [0.1, 0.15) is 17.3 Å². The number of aliphatic hydroxyl groups is 1. The maximum atomic E-state index is 13.3. The Morgan fingerprint density at radius 2 is 1.89 bits per heavy atom. The van der Waals surface area contributed by atoms with Crippen molar-refractivity contribution in [2.24, 2.45) is 0 Å². The fraction of sp³-hybridized carbons (Fsp3) is 0.400. The van der Waals surface area contributed by atoms with Crippen LogP contribution in [0.25, 0.3) is 5.76 Å². The maximum absolute atomic E-state index is 13.3. The summed E-state index contributed by atoms with van der Waals surface area (Å²) in [5.41, 5.74) is 0.318. The minimum absolute atomic E-state index is 0.0220. The summed E-state index contributed by atoms with van der Waals surface area (Å²) in [7, 11) is 2.97. The molecule has 4 rings (SSSR count). The van der Waals surface area contributed by atoms with Crippen LogP contribution in [0.3, 0.4) is 0 Å². The molecule has 2 fully saturated rings. The van der Waals surface area contributed by atoms with Crippen LogP contribution in [0.4, 0.5) is 4.79 Å². The van der Waals surface area contributed by atoms with E-state index in [9.17, 15) is 19.5 Å². The zero-order valence-corrected chi connectivity index (χ0v) is 20.7. The Kier molecular flexibility index (Phi) is 7.30. The Bertz CT molecular complexity index is 1140. The van der Waals surface area contributed by atoms with E-state index < -0.39 is 17.7 Å². The summed E-state index contributed by atoms with van der Waals surface area (Å²) in [5, 5.41) is 13.2. The third-order valence-electron chi connectivity index (χ3n) is 6.34. The van der Waals surface area contributed by atoms with Crippen molar-refractivity contribution in [1.29, 1.82) is 0 Å². The second-order valence-corrected chi connectivity index (χ2v) is 9.18. The largest absolute Gasteiger partial charge is 0.507 e. The predicted octanol–water partition coefficient (Wildman–Crippen LogP) is 3.81. The summed E-state index contributed by atoms with van der Waals surface area (Å²) >= 11 is 1.41. The van der Waals surface area contributed by atoms with E-state index in [1.165, 1.54) is 25.6 Å². The van der Waals surface area contributed by atoms with Crippen LogP contribution in [0.1, 0.15) is 36.2 Å². The van der Waals surface area contributed by atoms with Crippen LogP contribution in [0.5, 0.6) is 11.5 Å². The summed E-state index contributed by atoms with van der Waals surface area (Å²) in [5.74, 6) is -0.853. The molecule has 1 atom stereocenters. The Balaban J connectivity index is 1.73. The first-order chi connectivity index (χ1) is 16.9. The van der Waals surface area contributed by atoms with Crippen LogP contribution in [0.15, 0.2) is 41.3 Å². The molecule has 1 N–H and O–H groups in total. The number of benzene rings is 1. The van der Waals surface area contributed by atoms with Crippen molar-refractivity contribution < 1.29 is 33.7 Å². The number of piperidine rings is 1. The van der Waals surface area contributed by atoms with Crippen LogP contribution in [0.2, 0.25) is 0 Å². The van der Waals surface area contributed by atoms with Crippen molar-refractivity contribution in [1.82, 2.24) is 9.80 Å². The van der Waals surface area contributed by atoms with E-state index in [0.29, 0.717) is 49.6 Å². The molecule has 0 saturated carbocycles. The lowest BCUT2D eigenvalue weighted by Gasteiger charge is -2.38. The topological polar surface area (TPSA) is 106 Å². The fourth-order valence-corrected chi connectivity index (χ4v) is 5.47. The molecule has 9 nitrogen and oxygen atoms in total. The number of aliphatic hydroxyl groups excluding tert-OH is 1. The summed E-state index contributed by atoms with van der Waals surface area (Å²) in [6.07, 6.45) is 0.619. The van der Waals surface area contributed by atoms with E-state index in [1.54, 1.807) is 34.9 Å². The lowest BCUT2D eigenvalue weighted by Crippen LogP contribution is -2.48. The number of ketones is 1. The van der Waals surface area contributed by atoms with Crippen molar-refractivity contribution in [3.63, 3.8) is 0 Å². The van der Waals surface area contributed by atoms with E-state index >= 15 is 0 Å². The molecule has 0 spiro atoms. The second kappa shape index (κ2) is 10.4. The number of hydrogen-bond acceptors (Lipinski definition) is 8. The van der Waals surface area contributed by atoms with Crippen LogP contribution in [-0.2, 0) is 14.3 Å². The number of ether oxygens (including phenoxy) is 3. The molecule has 0 bridgehead atoms. The first-order valence-electron chi connectivity index (χ1n) is 11.4. The molecule has 2 aliphatic rings. The van der Waals surface area contributed by atoms with Gasteiger partial charge in [0, 0.05) is 30.1 Å². The van der Waals surface area contributed by atoms with Crippen LogP contribution in [-0.4, -0.2) is 72.6 Å². The van der Waals surface area contributed by atoms with Crippen molar-refractivity contribution in [3.05, 3.63) is 51.7 Å². The number of rotatable bonds is 6. The van der Waals surface area contributed by atoms with Gasteiger partial charge in [0.05, 0.1) is 38.0 Å². The van der Waals surface area contributed by atoms with Gasteiger partial charge >= 0.3 is 6.09 Å². The summed E-state index contributed by atoms with van der Waals surface area (Å²) in [6, 6.07) is 7.55. The number of Topliss-reactive ketones (excluding diaryl/α,β-unsaturated/α-hetero) is 1. The van der Waals surface area contributed by atoms with Crippen molar-refractivity contribution >= 4 is 34.9 Å². The van der Waals surface area contributed by atoms with Crippen molar-refractivity contribution in [2.75, 3.05) is 33.9 Å². The standard InChI is InChI=1S/C25H28N2O7S/c1-4-34-25(31)26-11-9-15(10-12-26)27-21(19-6-5-13-35-19)20(23(29)24(27)30)22(28)17-8-7-16(32-2)14-18(17)33-3/h5-8,13-15,21,28H,4,9-12H2,1-3H3/b22-20-. The molecule has 1 unspecified atom stereocenters. The third-order valence-corrected chi connectivity index (χ3v) is 7.27. The third kappa shape index (κ3) is 4.58. The van der Waals surface area contributed by atoms with E-state index in [1.807, 2.05) is 17.5 Å². The number of likely N-dealkylation sites (tertiary alicyclic amines) is 2. The molecule has 1 aromatic carbocycles. The molecule has 1 aromatic heterocycles. The number of carbonyl (C=O) groups excluding carboxylic acids is 3. The van der Waals surface area contributed by atoms with Gasteiger partial charge in [0.2, 0.25) is 0 Å². The highest BCUT2D eigenvalue weighted by atomic mass is 32.1. The zero-order valence-electron chi connectivity index (χ0n) is 19.9. The van der Waals surface area contributed by atoms with E-state index in [0.717, 1.165) is 4.88 Å². The first-order valence-corrected chi connectivity index (χ1v) is 12.3. The van der Waals surface area contributed by atoms with E-state index in [-0.39, 0.29) is 23.5 Å². The molecular weight excluding hydrogens is 472 g/mol. The average Bonchev–Trinajstić information content (AvgIpc) is 3.50. The van der Waals surface area contributed by atoms with Gasteiger partial charge < -0.3 is 29.1 Å². The van der Waals surface area contributed by atoms with E-state index in [4.69, 9.17) is 14.2 Å². The molecular formula is C25H28N2O7S. The van der Waals surface area contributed by atoms with Gasteiger partial charge in [-0.25, -0.2) is 4.79 Å². The quantitative estimate of drug-likeness (QED) is 0.365. The minimum Gasteiger partial charge on any atom is -0.507 e. The highest BCUT2D eigenvalue weighted by molar-refractivity contribution is 7.10. The number of methoxy groups -OCH3 is 2. The SMILES string of the molecule is CCOC(=O)N1CCC(N2C(=O)C(=O)/C(=C(\O)c3ccc(OC)cc3OC)C2c2cccs2)CC1. The average molecular weight is 501 g/mol. The Labute approximate surface area is 207 Å². The molecule has 2 aromatic rings. The van der Waals surface area contributed by atoms with Crippen molar-refractivity contribution in [2.45, 2.75) is 31.8 Å². The Hall–Kier alpha value is -3.53. The lowest BCUT2D eigenvalue weighted by molar-refractivity contribution is -0.142. The molecule has 35 heavy (non-hydrogen) atoms. The lowest BCUT2D eigenvalue weighted by atomic mass is 9.97. The molecule has 10 heteroatoms. The summed E-state index contributed by atoms with van der Waals surface area (Å²) in [4.78, 5) is 42.7. The Morgan fingerprint density at radius 3 is 2.49 bits per heavy atom. The van der Waals surface area contributed by atoms with Crippen LogP contribution >= 0.6 is 11.3 Å². The number of thiophene rings is 1. The molecule has 186 valence electrons. The zero-order chi connectivity index (χ0) is 25.1. The fourth-order valence-electron chi connectivity index (χ4n) is 4.63. The predicted molar refractivity (Wildman–Crippen MR) is 130 cm³/mol. The number of carbonyl (C=O) groups is 3. The molecule has 0 aliphatic carbocycles. The maximum Gasteiger partial charge on any atom is 0.409 e. The molecule has 3 heterocycles. The number of hydrogen-bond donors (Lipinski definition) is 1. The second-order valence-electron chi connectivity index (χ2n) is 8.21. The van der Waals surface area contributed by atoms with Crippen LogP contribution in [0, 0.1) is 0 Å². The minimum atomic E-state index is -0.744. The van der Waals surface area contributed by atoms with Gasteiger partial charge in [0.25, 0.3) is 11.7 Å². The first kappa shape index (κ1) is 24.6. The molecule has 2 aliphatic heterocycles. The van der Waals surface area contributed by atoms with E-state index in [2.05, 4.69) is 0 Å². The van der Waals surface area contributed by atoms with Gasteiger partial charge in [-0.15, -0.1) is 11.3 Å². The Morgan fingerprint density at radius 1 is 1.14 bits per heavy atom. The number of amides is 2. The highest BCUT2D eigenvalue weighted by Crippen LogP contribution is 2.45. The van der Waals surface area contributed by atoms with Gasteiger partial charge in [-0.05, 0) is 43.3 Å². The molecule has 0 radical (unpaired) electrons. The highest BCUT2D eigenvalue weighted by Gasteiger charge is 2.50. The van der Waals surface area contributed by atoms with Gasteiger partial charge in [-0.2, -0.15) is 0 Å². The van der Waals surface area contributed by atoms with Crippen molar-refractivity contribution in [3.8, 4) is 11.5 Å².